The number of hydrogen-bond donors (Lipinski definition) is 1. The molecule has 0 bridgehead atoms. The first-order valence-corrected chi connectivity index (χ1v) is 7.75. The molecule has 20 heavy (non-hydrogen) atoms. The van der Waals surface area contributed by atoms with Crippen LogP contribution in [0.3, 0.4) is 0 Å². The van der Waals surface area contributed by atoms with Crippen LogP contribution in [0.2, 0.25) is 0 Å². The van der Waals surface area contributed by atoms with Crippen molar-refractivity contribution in [1.82, 2.24) is 5.32 Å². The third kappa shape index (κ3) is 4.85. The predicted molar refractivity (Wildman–Crippen MR) is 77.9 cm³/mol. The SMILES string of the molecule is C[C@@H](NCc1ccc(SC(F)(F)F)cc1)c1cccs1. The lowest BCUT2D eigenvalue weighted by Gasteiger charge is -2.12. The minimum Gasteiger partial charge on any atom is -0.305 e. The Kier molecular flexibility index (Phi) is 5.12. The van der Waals surface area contributed by atoms with Gasteiger partial charge in [0.15, 0.2) is 0 Å². The number of nitrogens with one attached hydrogen (secondary N) is 1. The first kappa shape index (κ1) is 15.4. The van der Waals surface area contributed by atoms with E-state index in [1.165, 1.54) is 17.0 Å². The molecule has 1 aromatic heterocycles. The Morgan fingerprint density at radius 1 is 1.20 bits per heavy atom. The first-order valence-electron chi connectivity index (χ1n) is 6.05. The van der Waals surface area contributed by atoms with E-state index in [9.17, 15) is 13.2 Å². The fraction of sp³-hybridized carbons (Fsp3) is 0.286. The van der Waals surface area contributed by atoms with E-state index in [1.807, 2.05) is 11.4 Å². The Morgan fingerprint density at radius 2 is 1.90 bits per heavy atom. The van der Waals surface area contributed by atoms with Crippen LogP contribution in [-0.4, -0.2) is 5.51 Å². The molecule has 0 saturated carbocycles. The monoisotopic (exact) mass is 317 g/mol. The van der Waals surface area contributed by atoms with Crippen LogP contribution in [-0.2, 0) is 6.54 Å². The maximum atomic E-state index is 12.2. The van der Waals surface area contributed by atoms with E-state index in [0.29, 0.717) is 6.54 Å². The fourth-order valence-corrected chi connectivity index (χ4v) is 3.02. The lowest BCUT2D eigenvalue weighted by Crippen LogP contribution is -2.17. The van der Waals surface area contributed by atoms with E-state index in [4.69, 9.17) is 0 Å². The average molecular weight is 317 g/mol. The van der Waals surface area contributed by atoms with Crippen molar-refractivity contribution in [3.8, 4) is 0 Å². The zero-order valence-corrected chi connectivity index (χ0v) is 12.4. The van der Waals surface area contributed by atoms with Gasteiger partial charge in [-0.3, -0.25) is 0 Å². The lowest BCUT2D eigenvalue weighted by atomic mass is 10.2. The maximum Gasteiger partial charge on any atom is 0.446 e. The summed E-state index contributed by atoms with van der Waals surface area (Å²) in [6.45, 7) is 2.70. The summed E-state index contributed by atoms with van der Waals surface area (Å²) < 4.78 is 36.6. The van der Waals surface area contributed by atoms with Crippen molar-refractivity contribution in [3.05, 3.63) is 52.2 Å². The van der Waals surface area contributed by atoms with Gasteiger partial charge in [-0.25, -0.2) is 0 Å². The quantitative estimate of drug-likeness (QED) is 0.760. The van der Waals surface area contributed by atoms with Gasteiger partial charge in [0.05, 0.1) is 0 Å². The molecule has 1 heterocycles. The van der Waals surface area contributed by atoms with Gasteiger partial charge in [-0.1, -0.05) is 18.2 Å². The van der Waals surface area contributed by atoms with Crippen molar-refractivity contribution in [3.63, 3.8) is 0 Å². The van der Waals surface area contributed by atoms with Crippen LogP contribution in [0.25, 0.3) is 0 Å². The number of thiophene rings is 1. The smallest absolute Gasteiger partial charge is 0.305 e. The van der Waals surface area contributed by atoms with Crippen LogP contribution in [0.1, 0.15) is 23.4 Å². The van der Waals surface area contributed by atoms with Crippen molar-refractivity contribution in [1.29, 1.82) is 0 Å². The Morgan fingerprint density at radius 3 is 2.45 bits per heavy atom. The summed E-state index contributed by atoms with van der Waals surface area (Å²) >= 11 is 1.60. The van der Waals surface area contributed by atoms with Crippen molar-refractivity contribution < 1.29 is 13.2 Å². The molecule has 1 aromatic carbocycles. The summed E-state index contributed by atoms with van der Waals surface area (Å²) in [5.74, 6) is 0. The van der Waals surface area contributed by atoms with E-state index in [1.54, 1.807) is 23.5 Å². The van der Waals surface area contributed by atoms with Gasteiger partial charge in [0.2, 0.25) is 0 Å². The maximum absolute atomic E-state index is 12.2. The van der Waals surface area contributed by atoms with Crippen LogP contribution < -0.4 is 5.32 Å². The molecule has 0 saturated heterocycles. The highest BCUT2D eigenvalue weighted by Gasteiger charge is 2.28. The highest BCUT2D eigenvalue weighted by molar-refractivity contribution is 8.00. The molecule has 6 heteroatoms. The molecule has 0 aliphatic heterocycles. The highest BCUT2D eigenvalue weighted by Crippen LogP contribution is 2.36. The van der Waals surface area contributed by atoms with Crippen LogP contribution in [0, 0.1) is 0 Å². The molecule has 0 aliphatic carbocycles. The van der Waals surface area contributed by atoms with E-state index in [2.05, 4.69) is 18.3 Å². The zero-order valence-electron chi connectivity index (χ0n) is 10.8. The molecule has 1 atom stereocenters. The molecule has 2 aromatic rings. The summed E-state index contributed by atoms with van der Waals surface area (Å²) in [5, 5.41) is 5.37. The number of halogens is 3. The number of thioether (sulfide) groups is 1. The minimum atomic E-state index is -4.23. The Bertz CT molecular complexity index is 520. The standard InChI is InChI=1S/C14H14F3NS2/c1-10(13-3-2-8-19-13)18-9-11-4-6-12(7-5-11)20-14(15,16)17/h2-8,10,18H,9H2,1H3/t10-/m1/s1. The molecule has 0 amide bonds. The molecule has 0 radical (unpaired) electrons. The molecule has 1 nitrogen and oxygen atoms in total. The fourth-order valence-electron chi connectivity index (χ4n) is 1.72. The van der Waals surface area contributed by atoms with Crippen molar-refractivity contribution in [2.75, 3.05) is 0 Å². The average Bonchev–Trinajstić information content (AvgIpc) is 2.89. The number of alkyl halides is 3. The van der Waals surface area contributed by atoms with Crippen LogP contribution in [0.4, 0.5) is 13.2 Å². The first-order chi connectivity index (χ1) is 9.44. The van der Waals surface area contributed by atoms with E-state index in [-0.39, 0.29) is 22.7 Å². The van der Waals surface area contributed by atoms with Gasteiger partial charge in [0, 0.05) is 22.4 Å². The van der Waals surface area contributed by atoms with Crippen molar-refractivity contribution in [2.24, 2.45) is 0 Å². The number of benzene rings is 1. The topological polar surface area (TPSA) is 12.0 Å². The molecular weight excluding hydrogens is 303 g/mol. The molecule has 108 valence electrons. The molecule has 2 rings (SSSR count). The Labute approximate surface area is 124 Å². The number of rotatable bonds is 5. The van der Waals surface area contributed by atoms with Crippen molar-refractivity contribution in [2.45, 2.75) is 29.9 Å². The van der Waals surface area contributed by atoms with Crippen LogP contribution in [0.15, 0.2) is 46.7 Å². The number of hydrogen-bond acceptors (Lipinski definition) is 3. The van der Waals surface area contributed by atoms with Gasteiger partial charge in [-0.05, 0) is 47.8 Å². The third-order valence-electron chi connectivity index (χ3n) is 2.74. The largest absolute Gasteiger partial charge is 0.446 e. The molecule has 0 fully saturated rings. The minimum absolute atomic E-state index is 0.0869. The normalized spacial score (nSPS) is 13.4. The zero-order chi connectivity index (χ0) is 14.6. The van der Waals surface area contributed by atoms with Gasteiger partial charge in [0.25, 0.3) is 0 Å². The second-order valence-corrected chi connectivity index (χ2v) is 6.43. The molecular formula is C14H14F3NS2. The van der Waals surface area contributed by atoms with E-state index >= 15 is 0 Å². The molecule has 0 aliphatic rings. The van der Waals surface area contributed by atoms with Gasteiger partial charge >= 0.3 is 5.51 Å². The van der Waals surface area contributed by atoms with Gasteiger partial charge < -0.3 is 5.32 Å². The summed E-state index contributed by atoms with van der Waals surface area (Å²) in [6, 6.07) is 10.8. The Balaban J connectivity index is 1.88. The van der Waals surface area contributed by atoms with Gasteiger partial charge in [-0.15, -0.1) is 11.3 Å². The van der Waals surface area contributed by atoms with Crippen LogP contribution >= 0.6 is 23.1 Å². The molecule has 0 unspecified atom stereocenters. The summed E-state index contributed by atoms with van der Waals surface area (Å²) in [4.78, 5) is 1.46. The second-order valence-electron chi connectivity index (χ2n) is 4.31. The lowest BCUT2D eigenvalue weighted by molar-refractivity contribution is -0.0328. The molecule has 1 N–H and O–H groups in total. The van der Waals surface area contributed by atoms with E-state index in [0.717, 1.165) is 5.56 Å². The summed E-state index contributed by atoms with van der Waals surface area (Å²) in [5.41, 5.74) is -3.26. The van der Waals surface area contributed by atoms with Gasteiger partial charge in [0.1, 0.15) is 0 Å². The van der Waals surface area contributed by atoms with Crippen LogP contribution in [0.5, 0.6) is 0 Å². The highest BCUT2D eigenvalue weighted by atomic mass is 32.2. The summed E-state index contributed by atoms with van der Waals surface area (Å²) in [7, 11) is 0. The third-order valence-corrected chi connectivity index (χ3v) is 4.53. The molecule has 0 spiro atoms. The predicted octanol–water partition coefficient (Wildman–Crippen LogP) is 5.21. The second kappa shape index (κ2) is 6.65. The van der Waals surface area contributed by atoms with E-state index < -0.39 is 5.51 Å². The van der Waals surface area contributed by atoms with Crippen molar-refractivity contribution >= 4 is 23.1 Å². The Hall–Kier alpha value is -0.980. The van der Waals surface area contributed by atoms with Gasteiger partial charge in [-0.2, -0.15) is 13.2 Å². The summed E-state index contributed by atoms with van der Waals surface area (Å²) in [6.07, 6.45) is 0.